The largest absolute Gasteiger partial charge is 0.452 e. The number of amides is 3. The fourth-order valence-corrected chi connectivity index (χ4v) is 0.718. The van der Waals surface area contributed by atoms with Crippen LogP contribution in [0.15, 0.2) is 0 Å². The molecule has 0 aromatic rings. The number of methoxy groups -OCH3 is 1. The minimum absolute atomic E-state index is 0.318. The Balaban J connectivity index is 4.04. The number of primary amides is 1. The number of nitrogens with zero attached hydrogens (tertiary/aromatic N) is 1. The minimum atomic E-state index is -0.768. The van der Waals surface area contributed by atoms with E-state index < -0.39 is 12.1 Å². The summed E-state index contributed by atoms with van der Waals surface area (Å²) in [5.74, 6) is 0. The fraction of sp³-hybridized carbons (Fsp3) is 0.714. The molecule has 0 saturated heterocycles. The molecule has 5 nitrogen and oxygen atoms in total. The minimum Gasteiger partial charge on any atom is -0.452 e. The number of ether oxygens (including phenoxy) is 1. The lowest BCUT2D eigenvalue weighted by molar-refractivity contribution is 0.131. The van der Waals surface area contributed by atoms with Crippen LogP contribution in [0, 0.1) is 0 Å². The zero-order valence-electron chi connectivity index (χ0n) is 7.37. The quantitative estimate of drug-likeness (QED) is 0.691. The van der Waals surface area contributed by atoms with Crippen molar-refractivity contribution in [3.63, 3.8) is 0 Å². The van der Waals surface area contributed by atoms with Crippen molar-refractivity contribution in [1.82, 2.24) is 4.90 Å². The molecule has 0 aliphatic heterocycles. The van der Waals surface area contributed by atoms with Gasteiger partial charge in [0.05, 0.1) is 7.11 Å². The lowest BCUT2D eigenvalue weighted by Gasteiger charge is -2.15. The second-order valence-electron chi connectivity index (χ2n) is 2.31. The molecule has 0 bridgehead atoms. The SMILES string of the molecule is CCCCN(C(N)=O)C(=O)OC. The molecule has 0 spiro atoms. The van der Waals surface area contributed by atoms with Gasteiger partial charge in [-0.15, -0.1) is 0 Å². The molecule has 0 radical (unpaired) electrons. The highest BCUT2D eigenvalue weighted by Gasteiger charge is 2.17. The Kier molecular flexibility index (Phi) is 4.83. The van der Waals surface area contributed by atoms with Gasteiger partial charge in [-0.05, 0) is 6.42 Å². The molecule has 0 aliphatic carbocycles. The molecular weight excluding hydrogens is 160 g/mol. The molecule has 0 aromatic carbocycles. The van der Waals surface area contributed by atoms with Gasteiger partial charge in [-0.3, -0.25) is 0 Å². The highest BCUT2D eigenvalue weighted by Crippen LogP contribution is 1.97. The Labute approximate surface area is 71.5 Å². The first-order chi connectivity index (χ1) is 5.63. The van der Waals surface area contributed by atoms with Gasteiger partial charge in [-0.1, -0.05) is 13.3 Å². The van der Waals surface area contributed by atoms with Crippen LogP contribution < -0.4 is 5.73 Å². The van der Waals surface area contributed by atoms with E-state index in [1.54, 1.807) is 0 Å². The van der Waals surface area contributed by atoms with Gasteiger partial charge in [-0.2, -0.15) is 0 Å². The maximum atomic E-state index is 10.9. The molecule has 0 heterocycles. The maximum Gasteiger partial charge on any atom is 0.417 e. The average Bonchev–Trinajstić information content (AvgIpc) is 2.04. The summed E-state index contributed by atoms with van der Waals surface area (Å²) in [5, 5.41) is 0. The maximum absolute atomic E-state index is 10.9. The van der Waals surface area contributed by atoms with Gasteiger partial charge in [0, 0.05) is 6.54 Å². The monoisotopic (exact) mass is 174 g/mol. The van der Waals surface area contributed by atoms with E-state index in [0.29, 0.717) is 6.54 Å². The van der Waals surface area contributed by atoms with E-state index in [2.05, 4.69) is 4.74 Å². The summed E-state index contributed by atoms with van der Waals surface area (Å²) in [6, 6.07) is -0.768. The molecule has 0 aliphatic rings. The van der Waals surface area contributed by atoms with E-state index in [4.69, 9.17) is 5.73 Å². The zero-order chi connectivity index (χ0) is 9.56. The molecule has 70 valence electrons. The summed E-state index contributed by atoms with van der Waals surface area (Å²) in [5.41, 5.74) is 4.94. The number of hydrogen-bond donors (Lipinski definition) is 1. The topological polar surface area (TPSA) is 72.6 Å². The summed E-state index contributed by atoms with van der Waals surface area (Å²) in [6.45, 7) is 2.27. The molecule has 0 aromatic heterocycles. The normalized spacial score (nSPS) is 9.17. The van der Waals surface area contributed by atoms with Crippen molar-refractivity contribution in [2.75, 3.05) is 13.7 Å². The number of urea groups is 1. The summed E-state index contributed by atoms with van der Waals surface area (Å²) >= 11 is 0. The van der Waals surface area contributed by atoms with Gasteiger partial charge in [0.2, 0.25) is 0 Å². The third-order valence-corrected chi connectivity index (χ3v) is 1.40. The first kappa shape index (κ1) is 10.7. The van der Waals surface area contributed by atoms with Gasteiger partial charge in [0.1, 0.15) is 0 Å². The summed E-state index contributed by atoms with van der Waals surface area (Å²) in [4.78, 5) is 22.4. The van der Waals surface area contributed by atoms with Gasteiger partial charge < -0.3 is 10.5 Å². The highest BCUT2D eigenvalue weighted by atomic mass is 16.5. The lowest BCUT2D eigenvalue weighted by atomic mass is 10.3. The second-order valence-corrected chi connectivity index (χ2v) is 2.31. The third kappa shape index (κ3) is 3.23. The molecule has 5 heteroatoms. The molecule has 0 saturated carbocycles. The predicted octanol–water partition coefficient (Wildman–Crippen LogP) is 0.934. The van der Waals surface area contributed by atoms with E-state index in [0.717, 1.165) is 17.7 Å². The van der Waals surface area contributed by atoms with Crippen LogP contribution in [0.25, 0.3) is 0 Å². The summed E-state index contributed by atoms with van der Waals surface area (Å²) in [7, 11) is 1.21. The number of unbranched alkanes of at least 4 members (excludes halogenated alkanes) is 1. The van der Waals surface area contributed by atoms with E-state index in [1.165, 1.54) is 7.11 Å². The number of imide groups is 1. The summed E-state index contributed by atoms with van der Waals surface area (Å²) < 4.78 is 4.36. The van der Waals surface area contributed by atoms with Crippen molar-refractivity contribution in [2.24, 2.45) is 5.73 Å². The van der Waals surface area contributed by atoms with Crippen molar-refractivity contribution in [3.05, 3.63) is 0 Å². The molecule has 0 atom stereocenters. The fourth-order valence-electron chi connectivity index (χ4n) is 0.718. The third-order valence-electron chi connectivity index (χ3n) is 1.40. The highest BCUT2D eigenvalue weighted by molar-refractivity contribution is 5.89. The first-order valence-corrected chi connectivity index (χ1v) is 3.78. The van der Waals surface area contributed by atoms with Crippen LogP contribution in [0.3, 0.4) is 0 Å². The lowest BCUT2D eigenvalue weighted by Crippen LogP contribution is -2.41. The van der Waals surface area contributed by atoms with E-state index in [-0.39, 0.29) is 0 Å². The van der Waals surface area contributed by atoms with Crippen LogP contribution >= 0.6 is 0 Å². The van der Waals surface area contributed by atoms with Crippen LogP contribution in [0.4, 0.5) is 9.59 Å². The van der Waals surface area contributed by atoms with Crippen LogP contribution in [-0.2, 0) is 4.74 Å². The molecule has 3 amide bonds. The molecular formula is C7H14N2O3. The van der Waals surface area contributed by atoms with E-state index >= 15 is 0 Å². The van der Waals surface area contributed by atoms with Crippen molar-refractivity contribution in [3.8, 4) is 0 Å². The Morgan fingerprint density at radius 3 is 2.42 bits per heavy atom. The number of nitrogens with two attached hydrogens (primary N) is 1. The Bertz CT molecular complexity index is 170. The van der Waals surface area contributed by atoms with Crippen LogP contribution in [0.5, 0.6) is 0 Å². The van der Waals surface area contributed by atoms with Gasteiger partial charge in [0.15, 0.2) is 0 Å². The van der Waals surface area contributed by atoms with Crippen molar-refractivity contribution < 1.29 is 14.3 Å². The van der Waals surface area contributed by atoms with Crippen LogP contribution in [-0.4, -0.2) is 30.7 Å². The first-order valence-electron chi connectivity index (χ1n) is 3.78. The number of carbonyl (C=O) groups is 2. The van der Waals surface area contributed by atoms with Crippen LogP contribution in [0.2, 0.25) is 0 Å². The molecule has 0 fully saturated rings. The molecule has 12 heavy (non-hydrogen) atoms. The summed E-state index contributed by atoms with van der Waals surface area (Å²) in [6.07, 6.45) is 0.926. The zero-order valence-corrected chi connectivity index (χ0v) is 7.37. The van der Waals surface area contributed by atoms with E-state index in [1.807, 2.05) is 6.92 Å². The van der Waals surface area contributed by atoms with Gasteiger partial charge in [0.25, 0.3) is 0 Å². The standard InChI is InChI=1S/C7H14N2O3/c1-3-4-5-9(6(8)10)7(11)12-2/h3-5H2,1-2H3,(H2,8,10). The Hall–Kier alpha value is -1.26. The number of rotatable bonds is 3. The Morgan fingerprint density at radius 2 is 2.08 bits per heavy atom. The van der Waals surface area contributed by atoms with Crippen molar-refractivity contribution in [1.29, 1.82) is 0 Å². The number of carbonyl (C=O) groups excluding carboxylic acids is 2. The average molecular weight is 174 g/mol. The van der Waals surface area contributed by atoms with Gasteiger partial charge in [-0.25, -0.2) is 14.5 Å². The molecule has 2 N–H and O–H groups in total. The predicted molar refractivity (Wildman–Crippen MR) is 43.6 cm³/mol. The van der Waals surface area contributed by atoms with Gasteiger partial charge >= 0.3 is 12.1 Å². The van der Waals surface area contributed by atoms with Crippen molar-refractivity contribution >= 4 is 12.1 Å². The molecule has 0 unspecified atom stereocenters. The van der Waals surface area contributed by atoms with Crippen LogP contribution in [0.1, 0.15) is 19.8 Å². The van der Waals surface area contributed by atoms with Crippen molar-refractivity contribution in [2.45, 2.75) is 19.8 Å². The smallest absolute Gasteiger partial charge is 0.417 e. The molecule has 0 rings (SSSR count). The van der Waals surface area contributed by atoms with E-state index in [9.17, 15) is 9.59 Å². The number of hydrogen-bond acceptors (Lipinski definition) is 3. The second kappa shape index (κ2) is 5.40. The Morgan fingerprint density at radius 1 is 1.50 bits per heavy atom.